The van der Waals surface area contributed by atoms with Crippen molar-refractivity contribution in [2.75, 3.05) is 32.6 Å². The van der Waals surface area contributed by atoms with E-state index in [-0.39, 0.29) is 30.2 Å². The van der Waals surface area contributed by atoms with E-state index < -0.39 is 10.0 Å². The average molecular weight is 340 g/mol. The maximum atomic E-state index is 12.3. The summed E-state index contributed by atoms with van der Waals surface area (Å²) in [6.45, 7) is 0.494. The Morgan fingerprint density at radius 2 is 1.91 bits per heavy atom. The molecule has 126 valence electrons. The molecule has 0 radical (unpaired) electrons. The van der Waals surface area contributed by atoms with Gasteiger partial charge in [0, 0.05) is 19.2 Å². The number of carbonyl (C=O) groups is 1. The van der Waals surface area contributed by atoms with Crippen LogP contribution in [0.15, 0.2) is 18.2 Å². The zero-order valence-electron chi connectivity index (χ0n) is 13.1. The number of rotatable bonds is 6. The Labute approximate surface area is 135 Å². The van der Waals surface area contributed by atoms with Crippen molar-refractivity contribution in [1.29, 1.82) is 0 Å². The van der Waals surface area contributed by atoms with Crippen LogP contribution in [0, 0.1) is 5.92 Å². The molecular weight excluding hydrogens is 320 g/mol. The van der Waals surface area contributed by atoms with Crippen LogP contribution in [0.4, 0.5) is 5.69 Å². The SMILES string of the molecule is COc1ccc(OC)c(NC(=O)C2CN(S(=O)(=O)C3CC3)C2)c1. The van der Waals surface area contributed by atoms with E-state index in [1.54, 1.807) is 25.3 Å². The van der Waals surface area contributed by atoms with Gasteiger partial charge in [-0.05, 0) is 25.0 Å². The number of hydrogen-bond acceptors (Lipinski definition) is 5. The molecule has 1 aliphatic carbocycles. The summed E-state index contributed by atoms with van der Waals surface area (Å²) >= 11 is 0. The Kier molecular flexibility index (Phi) is 4.20. The predicted octanol–water partition coefficient (Wildman–Crippen LogP) is 1.07. The molecule has 0 unspecified atom stereocenters. The van der Waals surface area contributed by atoms with E-state index in [9.17, 15) is 13.2 Å². The molecule has 1 saturated carbocycles. The standard InChI is InChI=1S/C15H20N2O5S/c1-21-11-3-6-14(22-2)13(7-11)16-15(18)10-8-17(9-10)23(19,20)12-4-5-12/h3,6-7,10,12H,4-5,8-9H2,1-2H3,(H,16,18). The molecule has 2 fully saturated rings. The van der Waals surface area contributed by atoms with Crippen molar-refractivity contribution in [2.45, 2.75) is 18.1 Å². The van der Waals surface area contributed by atoms with Gasteiger partial charge in [-0.15, -0.1) is 0 Å². The van der Waals surface area contributed by atoms with Crippen molar-refractivity contribution in [3.8, 4) is 11.5 Å². The smallest absolute Gasteiger partial charge is 0.230 e. The van der Waals surface area contributed by atoms with E-state index in [2.05, 4.69) is 5.32 Å². The summed E-state index contributed by atoms with van der Waals surface area (Å²) in [6, 6.07) is 5.12. The highest BCUT2D eigenvalue weighted by molar-refractivity contribution is 7.90. The van der Waals surface area contributed by atoms with E-state index in [4.69, 9.17) is 9.47 Å². The Morgan fingerprint density at radius 1 is 1.22 bits per heavy atom. The fourth-order valence-electron chi connectivity index (χ4n) is 2.54. The molecule has 1 N–H and O–H groups in total. The molecule has 1 aromatic rings. The molecule has 1 aromatic carbocycles. The number of ether oxygens (including phenoxy) is 2. The van der Waals surface area contributed by atoms with Crippen LogP contribution >= 0.6 is 0 Å². The number of sulfonamides is 1. The third-order valence-corrected chi connectivity index (χ3v) is 6.52. The Morgan fingerprint density at radius 3 is 2.48 bits per heavy atom. The minimum Gasteiger partial charge on any atom is -0.497 e. The van der Waals surface area contributed by atoms with Gasteiger partial charge in [-0.25, -0.2) is 8.42 Å². The zero-order chi connectivity index (χ0) is 16.6. The molecule has 7 nitrogen and oxygen atoms in total. The van der Waals surface area contributed by atoms with Crippen molar-refractivity contribution >= 4 is 21.6 Å². The molecule has 2 aliphatic rings. The lowest BCUT2D eigenvalue weighted by molar-refractivity contribution is -0.122. The van der Waals surface area contributed by atoms with Gasteiger partial charge in [0.25, 0.3) is 0 Å². The summed E-state index contributed by atoms with van der Waals surface area (Å²) in [5.41, 5.74) is 0.514. The molecule has 0 atom stereocenters. The summed E-state index contributed by atoms with van der Waals surface area (Å²) in [5.74, 6) is 0.590. The van der Waals surface area contributed by atoms with Crippen molar-refractivity contribution < 1.29 is 22.7 Å². The molecule has 23 heavy (non-hydrogen) atoms. The van der Waals surface area contributed by atoms with Crippen molar-refractivity contribution in [3.63, 3.8) is 0 Å². The molecular formula is C15H20N2O5S. The summed E-state index contributed by atoms with van der Waals surface area (Å²) < 4.78 is 35.8. The van der Waals surface area contributed by atoms with Crippen LogP contribution in [0.3, 0.4) is 0 Å². The Balaban J connectivity index is 1.62. The maximum Gasteiger partial charge on any atom is 0.230 e. The van der Waals surface area contributed by atoms with Crippen LogP contribution in [-0.2, 0) is 14.8 Å². The van der Waals surface area contributed by atoms with Gasteiger partial charge in [0.15, 0.2) is 0 Å². The molecule has 0 bridgehead atoms. The van der Waals surface area contributed by atoms with Gasteiger partial charge in [-0.1, -0.05) is 0 Å². The zero-order valence-corrected chi connectivity index (χ0v) is 13.9. The summed E-state index contributed by atoms with van der Waals surface area (Å²) in [4.78, 5) is 12.3. The lowest BCUT2D eigenvalue weighted by Crippen LogP contribution is -2.55. The molecule has 1 amide bonds. The fraction of sp³-hybridized carbons (Fsp3) is 0.533. The van der Waals surface area contributed by atoms with Gasteiger partial charge in [-0.2, -0.15) is 4.31 Å². The third-order valence-electron chi connectivity index (χ3n) is 4.19. The van der Waals surface area contributed by atoms with Gasteiger partial charge in [0.1, 0.15) is 11.5 Å². The van der Waals surface area contributed by atoms with Crippen LogP contribution in [0.1, 0.15) is 12.8 Å². The topological polar surface area (TPSA) is 84.9 Å². The molecule has 1 heterocycles. The van der Waals surface area contributed by atoms with Crippen LogP contribution < -0.4 is 14.8 Å². The Hall–Kier alpha value is -1.80. The molecule has 0 spiro atoms. The Bertz CT molecular complexity index is 709. The summed E-state index contributed by atoms with van der Waals surface area (Å²) in [6.07, 6.45) is 1.47. The van der Waals surface area contributed by atoms with Crippen LogP contribution in [-0.4, -0.2) is 51.2 Å². The molecule has 0 aromatic heterocycles. The summed E-state index contributed by atoms with van der Waals surface area (Å²) in [7, 11) is -0.123. The maximum absolute atomic E-state index is 12.3. The first-order valence-electron chi connectivity index (χ1n) is 7.47. The molecule has 1 aliphatic heterocycles. The van der Waals surface area contributed by atoms with Gasteiger partial charge in [0.2, 0.25) is 15.9 Å². The second kappa shape index (κ2) is 6.01. The number of hydrogen-bond donors (Lipinski definition) is 1. The van der Waals surface area contributed by atoms with E-state index in [0.717, 1.165) is 12.8 Å². The minimum absolute atomic E-state index is 0.209. The number of amides is 1. The molecule has 8 heteroatoms. The number of anilines is 1. The van der Waals surface area contributed by atoms with Crippen molar-refractivity contribution in [3.05, 3.63) is 18.2 Å². The lowest BCUT2D eigenvalue weighted by atomic mass is 10.0. The van der Waals surface area contributed by atoms with Gasteiger partial charge < -0.3 is 14.8 Å². The third kappa shape index (κ3) is 3.13. The van der Waals surface area contributed by atoms with Crippen LogP contribution in [0.25, 0.3) is 0 Å². The van der Waals surface area contributed by atoms with Gasteiger partial charge in [-0.3, -0.25) is 4.79 Å². The molecule has 3 rings (SSSR count). The second-order valence-electron chi connectivity index (χ2n) is 5.81. The van der Waals surface area contributed by atoms with E-state index in [1.165, 1.54) is 11.4 Å². The van der Waals surface area contributed by atoms with E-state index >= 15 is 0 Å². The first-order valence-corrected chi connectivity index (χ1v) is 8.98. The lowest BCUT2D eigenvalue weighted by Gasteiger charge is -2.37. The molecule has 1 saturated heterocycles. The first-order chi connectivity index (χ1) is 11.0. The quantitative estimate of drug-likeness (QED) is 0.837. The number of benzene rings is 1. The van der Waals surface area contributed by atoms with E-state index in [0.29, 0.717) is 17.2 Å². The largest absolute Gasteiger partial charge is 0.497 e. The summed E-state index contributed by atoms with van der Waals surface area (Å²) in [5, 5.41) is 2.56. The average Bonchev–Trinajstić information content (AvgIpc) is 3.30. The van der Waals surface area contributed by atoms with Gasteiger partial charge in [0.05, 0.1) is 31.1 Å². The van der Waals surface area contributed by atoms with Crippen molar-refractivity contribution in [2.24, 2.45) is 5.92 Å². The number of methoxy groups -OCH3 is 2. The highest BCUT2D eigenvalue weighted by Crippen LogP contribution is 2.35. The van der Waals surface area contributed by atoms with Crippen molar-refractivity contribution in [1.82, 2.24) is 4.31 Å². The highest BCUT2D eigenvalue weighted by Gasteiger charge is 2.46. The van der Waals surface area contributed by atoms with Gasteiger partial charge >= 0.3 is 0 Å². The minimum atomic E-state index is -3.18. The monoisotopic (exact) mass is 340 g/mol. The second-order valence-corrected chi connectivity index (χ2v) is 8.03. The predicted molar refractivity (Wildman–Crippen MR) is 85.2 cm³/mol. The van der Waals surface area contributed by atoms with Crippen LogP contribution in [0.5, 0.6) is 11.5 Å². The number of nitrogens with one attached hydrogen (secondary N) is 1. The normalized spacial score (nSPS) is 19.0. The number of carbonyl (C=O) groups excluding carboxylic acids is 1. The fourth-order valence-corrected chi connectivity index (χ4v) is 4.46. The first kappa shape index (κ1) is 16.1. The highest BCUT2D eigenvalue weighted by atomic mass is 32.2. The van der Waals surface area contributed by atoms with Crippen LogP contribution in [0.2, 0.25) is 0 Å². The van der Waals surface area contributed by atoms with E-state index in [1.807, 2.05) is 0 Å². The number of nitrogens with zero attached hydrogens (tertiary/aromatic N) is 1.